The van der Waals surface area contributed by atoms with Crippen LogP contribution in [0.25, 0.3) is 0 Å². The highest BCUT2D eigenvalue weighted by molar-refractivity contribution is 5.87. The third kappa shape index (κ3) is 2.42. The Labute approximate surface area is 182 Å². The highest BCUT2D eigenvalue weighted by atomic mass is 16.6. The Morgan fingerprint density at radius 2 is 1.60 bits per heavy atom. The van der Waals surface area contributed by atoms with Crippen LogP contribution in [-0.4, -0.2) is 34.5 Å². The van der Waals surface area contributed by atoms with Crippen molar-refractivity contribution in [2.45, 2.75) is 105 Å². The summed E-state index contributed by atoms with van der Waals surface area (Å²) >= 11 is 0. The van der Waals surface area contributed by atoms with E-state index in [0.717, 1.165) is 6.42 Å². The first-order valence-corrected chi connectivity index (χ1v) is 12.4. The minimum atomic E-state index is -0.947. The standard InChI is InChI=1S/C26H42O4/c1-14-20-15(27)12-18-25(5)11-8-16-23(2,3)9-7-10-24(16,4)17(25)13-19(28)26(18,6)21(20)22(29)30-14/h14-18,20-22,27,29H,7-13H2,1-6H3/t14-,15-,16-,17+,18-,20+,21+,22+,24-,25+,26+/m0/s1. The molecule has 11 atom stereocenters. The monoisotopic (exact) mass is 418 g/mol. The smallest absolute Gasteiger partial charge is 0.159 e. The number of aliphatic hydroxyl groups is 2. The van der Waals surface area contributed by atoms with Gasteiger partial charge < -0.3 is 14.9 Å². The first-order valence-electron chi connectivity index (χ1n) is 12.4. The van der Waals surface area contributed by atoms with Crippen molar-refractivity contribution in [2.75, 3.05) is 0 Å². The van der Waals surface area contributed by atoms with Crippen molar-refractivity contribution in [1.82, 2.24) is 0 Å². The average molecular weight is 419 g/mol. The van der Waals surface area contributed by atoms with Gasteiger partial charge in [-0.2, -0.15) is 0 Å². The number of hydrogen-bond acceptors (Lipinski definition) is 4. The topological polar surface area (TPSA) is 66.8 Å². The Morgan fingerprint density at radius 3 is 2.30 bits per heavy atom. The highest BCUT2D eigenvalue weighted by Gasteiger charge is 2.72. The van der Waals surface area contributed by atoms with E-state index in [2.05, 4.69) is 34.6 Å². The van der Waals surface area contributed by atoms with Gasteiger partial charge in [-0.15, -0.1) is 0 Å². The molecule has 1 aliphatic heterocycles. The van der Waals surface area contributed by atoms with Crippen LogP contribution < -0.4 is 0 Å². The van der Waals surface area contributed by atoms with E-state index in [1.807, 2.05) is 6.92 Å². The fourth-order valence-electron chi connectivity index (χ4n) is 10.3. The molecule has 0 radical (unpaired) electrons. The SMILES string of the molecule is C[C@@H]1O[C@@H](O)[C@H]2[C@H]1[C@@H](O)C[C@H]1[C@]3(C)CC[C@H]4C(C)(C)CCC[C@]4(C)[C@H]3CC(=O)[C@]21C. The Hall–Kier alpha value is -0.450. The maximum absolute atomic E-state index is 14.0. The Morgan fingerprint density at radius 1 is 0.933 bits per heavy atom. The molecule has 4 saturated carbocycles. The van der Waals surface area contributed by atoms with Crippen LogP contribution in [0.15, 0.2) is 0 Å². The van der Waals surface area contributed by atoms with Gasteiger partial charge in [0.25, 0.3) is 0 Å². The third-order valence-electron chi connectivity index (χ3n) is 11.6. The summed E-state index contributed by atoms with van der Waals surface area (Å²) in [6.45, 7) is 13.8. The second-order valence-corrected chi connectivity index (χ2v) is 13.1. The van der Waals surface area contributed by atoms with Crippen molar-refractivity contribution < 1.29 is 19.7 Å². The van der Waals surface area contributed by atoms with Gasteiger partial charge in [0.2, 0.25) is 0 Å². The molecule has 170 valence electrons. The van der Waals surface area contributed by atoms with Crippen molar-refractivity contribution in [3.8, 4) is 0 Å². The van der Waals surface area contributed by atoms with Crippen molar-refractivity contribution in [3.05, 3.63) is 0 Å². The number of aliphatic hydroxyl groups excluding tert-OH is 2. The first kappa shape index (κ1) is 21.4. The summed E-state index contributed by atoms with van der Waals surface area (Å²) in [5.41, 5.74) is -0.0582. The van der Waals surface area contributed by atoms with Crippen LogP contribution in [0.4, 0.5) is 0 Å². The lowest BCUT2D eigenvalue weighted by Gasteiger charge is -2.69. The normalized spacial score (nSPS) is 59.7. The zero-order chi connectivity index (χ0) is 21.9. The van der Waals surface area contributed by atoms with Gasteiger partial charge in [0, 0.05) is 23.7 Å². The van der Waals surface area contributed by atoms with Crippen LogP contribution in [0.5, 0.6) is 0 Å². The Bertz CT molecular complexity index is 747. The van der Waals surface area contributed by atoms with E-state index in [0.29, 0.717) is 35.9 Å². The van der Waals surface area contributed by atoms with E-state index in [9.17, 15) is 15.0 Å². The molecule has 0 unspecified atom stereocenters. The Kier molecular flexibility index (Phi) is 4.51. The van der Waals surface area contributed by atoms with Gasteiger partial charge in [-0.25, -0.2) is 0 Å². The maximum Gasteiger partial charge on any atom is 0.159 e. The van der Waals surface area contributed by atoms with Crippen LogP contribution >= 0.6 is 0 Å². The van der Waals surface area contributed by atoms with Crippen molar-refractivity contribution >= 4 is 5.78 Å². The van der Waals surface area contributed by atoms with Crippen LogP contribution in [0.1, 0.15) is 86.5 Å². The molecule has 0 aromatic rings. The largest absolute Gasteiger partial charge is 0.393 e. The molecule has 0 spiro atoms. The molecule has 5 rings (SSSR count). The number of carbonyl (C=O) groups excluding carboxylic acids is 1. The molecule has 5 fully saturated rings. The summed E-state index contributed by atoms with van der Waals surface area (Å²) in [6.07, 6.45) is 5.75. The van der Waals surface area contributed by atoms with Crippen LogP contribution in [-0.2, 0) is 9.53 Å². The molecule has 1 saturated heterocycles. The summed E-state index contributed by atoms with van der Waals surface area (Å²) < 4.78 is 5.79. The number of Topliss-reactive ketones (excluding diaryl/α,β-unsaturated/α-hetero) is 1. The van der Waals surface area contributed by atoms with Gasteiger partial charge in [0.1, 0.15) is 5.78 Å². The predicted octanol–water partition coefficient (Wildman–Crippen LogP) is 4.56. The molecule has 4 aliphatic carbocycles. The summed E-state index contributed by atoms with van der Waals surface area (Å²) in [5.74, 6) is 1.02. The van der Waals surface area contributed by atoms with Crippen molar-refractivity contribution in [3.63, 3.8) is 0 Å². The molecule has 0 aromatic heterocycles. The minimum absolute atomic E-state index is 0.0266. The van der Waals surface area contributed by atoms with E-state index < -0.39 is 17.8 Å². The summed E-state index contributed by atoms with van der Waals surface area (Å²) in [5, 5.41) is 22.0. The molecular weight excluding hydrogens is 376 g/mol. The number of ketones is 1. The molecular formula is C26H42O4. The summed E-state index contributed by atoms with van der Waals surface area (Å²) in [4.78, 5) is 14.0. The molecule has 0 aromatic carbocycles. The zero-order valence-electron chi connectivity index (χ0n) is 19.8. The zero-order valence-corrected chi connectivity index (χ0v) is 19.8. The number of hydrogen-bond donors (Lipinski definition) is 2. The number of ether oxygens (including phenoxy) is 1. The minimum Gasteiger partial charge on any atom is -0.393 e. The summed E-state index contributed by atoms with van der Waals surface area (Å²) in [6, 6.07) is 0. The first-order chi connectivity index (χ1) is 13.9. The lowest BCUT2D eigenvalue weighted by atomic mass is 9.34. The van der Waals surface area contributed by atoms with E-state index in [-0.39, 0.29) is 34.7 Å². The predicted molar refractivity (Wildman–Crippen MR) is 115 cm³/mol. The van der Waals surface area contributed by atoms with E-state index in [4.69, 9.17) is 4.74 Å². The second kappa shape index (κ2) is 6.32. The number of rotatable bonds is 0. The fourth-order valence-corrected chi connectivity index (χ4v) is 10.3. The van der Waals surface area contributed by atoms with Crippen molar-refractivity contribution in [1.29, 1.82) is 0 Å². The maximum atomic E-state index is 14.0. The average Bonchev–Trinajstić information content (AvgIpc) is 2.95. The van der Waals surface area contributed by atoms with Crippen molar-refractivity contribution in [2.24, 2.45) is 51.2 Å². The van der Waals surface area contributed by atoms with Gasteiger partial charge in [-0.3, -0.25) is 4.79 Å². The Balaban J connectivity index is 1.59. The van der Waals surface area contributed by atoms with Gasteiger partial charge in [0.05, 0.1) is 12.2 Å². The summed E-state index contributed by atoms with van der Waals surface area (Å²) in [7, 11) is 0. The molecule has 30 heavy (non-hydrogen) atoms. The third-order valence-corrected chi connectivity index (χ3v) is 11.6. The van der Waals surface area contributed by atoms with E-state index in [1.54, 1.807) is 0 Å². The molecule has 4 nitrogen and oxygen atoms in total. The second-order valence-electron chi connectivity index (χ2n) is 13.1. The molecule has 1 heterocycles. The van der Waals surface area contributed by atoms with Gasteiger partial charge in [0.15, 0.2) is 6.29 Å². The molecule has 4 heteroatoms. The quantitative estimate of drug-likeness (QED) is 0.605. The van der Waals surface area contributed by atoms with Gasteiger partial charge in [-0.1, -0.05) is 41.0 Å². The van der Waals surface area contributed by atoms with E-state index >= 15 is 0 Å². The molecule has 2 N–H and O–H groups in total. The van der Waals surface area contributed by atoms with Crippen LogP contribution in [0.3, 0.4) is 0 Å². The number of carbonyl (C=O) groups is 1. The van der Waals surface area contributed by atoms with E-state index in [1.165, 1.54) is 25.7 Å². The molecule has 0 amide bonds. The number of fused-ring (bicyclic) bond motifs is 7. The van der Waals surface area contributed by atoms with Gasteiger partial charge in [-0.05, 0) is 73.0 Å². The van der Waals surface area contributed by atoms with Gasteiger partial charge >= 0.3 is 0 Å². The lowest BCUT2D eigenvalue weighted by Crippen LogP contribution is -2.68. The van der Waals surface area contributed by atoms with Crippen LogP contribution in [0, 0.1) is 51.2 Å². The lowest BCUT2D eigenvalue weighted by molar-refractivity contribution is -0.230. The highest BCUT2D eigenvalue weighted by Crippen LogP contribution is 2.73. The fraction of sp³-hybridized carbons (Fsp3) is 0.962. The van der Waals surface area contributed by atoms with Crippen LogP contribution in [0.2, 0.25) is 0 Å². The molecule has 0 bridgehead atoms. The molecule has 5 aliphatic rings.